The topological polar surface area (TPSA) is 160 Å². The summed E-state index contributed by atoms with van der Waals surface area (Å²) in [6.07, 6.45) is 4.07. The average Bonchev–Trinajstić information content (AvgIpc) is 3.79. The molecule has 254 valence electrons. The Labute approximate surface area is 279 Å². The zero-order chi connectivity index (χ0) is 33.9. The third-order valence-corrected chi connectivity index (χ3v) is 9.03. The van der Waals surface area contributed by atoms with Crippen LogP contribution in [0.25, 0.3) is 11.0 Å². The van der Waals surface area contributed by atoms with Gasteiger partial charge in [0, 0.05) is 69.2 Å². The number of hydrogen-bond acceptors (Lipinski definition) is 9. The molecule has 0 spiro atoms. The van der Waals surface area contributed by atoms with Gasteiger partial charge in [-0.2, -0.15) is 20.2 Å². The molecule has 0 atom stereocenters. The van der Waals surface area contributed by atoms with E-state index in [1.165, 1.54) is 17.0 Å². The van der Waals surface area contributed by atoms with E-state index >= 15 is 0 Å². The number of carbonyl (C=O) groups is 2. The van der Waals surface area contributed by atoms with Crippen molar-refractivity contribution >= 4 is 46.3 Å². The van der Waals surface area contributed by atoms with Crippen LogP contribution in [0.1, 0.15) is 30.0 Å². The van der Waals surface area contributed by atoms with Crippen molar-refractivity contribution in [3.8, 4) is 0 Å². The third-order valence-electron chi connectivity index (χ3n) is 9.03. The molecule has 0 radical (unpaired) electrons. The highest BCUT2D eigenvalue weighted by Crippen LogP contribution is 2.30. The Morgan fingerprint density at radius 3 is 2.41 bits per heavy atom. The van der Waals surface area contributed by atoms with Crippen molar-refractivity contribution < 1.29 is 23.5 Å². The number of likely N-dealkylation sites (tertiary alicyclic amines) is 1. The monoisotopic (exact) mass is 671 g/mol. The summed E-state index contributed by atoms with van der Waals surface area (Å²) in [6, 6.07) is 13.1. The van der Waals surface area contributed by atoms with E-state index in [1.54, 1.807) is 18.5 Å². The van der Waals surface area contributed by atoms with Crippen LogP contribution in [0, 0.1) is 11.6 Å². The quantitative estimate of drug-likeness (QED) is 0.177. The molecule has 2 amide bonds. The van der Waals surface area contributed by atoms with Crippen LogP contribution >= 0.6 is 0 Å². The fourth-order valence-electron chi connectivity index (χ4n) is 6.29. The lowest BCUT2D eigenvalue weighted by Crippen LogP contribution is -2.48. The number of piperazine rings is 1. The molecular weight excluding hydrogens is 636 g/mol. The maximum Gasteiger partial charge on any atom is 0.407 e. The molecule has 2 aliphatic heterocycles. The Bertz CT molecular complexity index is 1940. The Kier molecular flexibility index (Phi) is 8.91. The number of H-pyrrole nitrogens is 1. The number of rotatable bonds is 9. The molecule has 5 heterocycles. The largest absolute Gasteiger partial charge is 0.465 e. The van der Waals surface area contributed by atoms with E-state index < -0.39 is 17.7 Å². The maximum absolute atomic E-state index is 14.3. The molecule has 4 N–H and O–H groups in total. The number of carbonyl (C=O) groups excluding carboxylic acids is 1. The first-order valence-corrected chi connectivity index (χ1v) is 16.1. The van der Waals surface area contributed by atoms with Crippen LogP contribution in [0.2, 0.25) is 0 Å². The van der Waals surface area contributed by atoms with E-state index in [0.717, 1.165) is 17.3 Å². The number of aromatic nitrogens is 6. The van der Waals surface area contributed by atoms with Gasteiger partial charge in [0.1, 0.15) is 23.3 Å². The molecule has 16 heteroatoms. The van der Waals surface area contributed by atoms with Gasteiger partial charge < -0.3 is 30.4 Å². The van der Waals surface area contributed by atoms with Crippen LogP contribution in [0.3, 0.4) is 0 Å². The minimum atomic E-state index is -0.891. The second-order valence-corrected chi connectivity index (χ2v) is 12.1. The number of nitrogens with zero attached hydrogens (tertiary/aromatic N) is 8. The molecule has 2 fully saturated rings. The number of hydrogen-bond donors (Lipinski definition) is 4. The standard InChI is InChI=1S/C33H35F2N11O3/c34-23-4-3-22(27(35)18-23)19-36-32-40-30(39-28-7-10-37-42-28)26-20-38-46(31(26)41-32)25-8-11-44(12-9-25)29(47)17-21-1-5-24(6-2-21)43-13-15-45(16-14-43)33(48)49/h1-7,10,18,20,25H,8-9,11-17,19H2,(H,48,49)(H3,36,37,39,40,41,42). The maximum atomic E-state index is 14.3. The summed E-state index contributed by atoms with van der Waals surface area (Å²) in [6.45, 7) is 3.37. The molecule has 0 aliphatic carbocycles. The number of aromatic amines is 1. The van der Waals surface area contributed by atoms with Crippen molar-refractivity contribution in [3.63, 3.8) is 0 Å². The second-order valence-electron chi connectivity index (χ2n) is 12.1. The predicted octanol–water partition coefficient (Wildman–Crippen LogP) is 4.39. The van der Waals surface area contributed by atoms with Gasteiger partial charge >= 0.3 is 6.09 Å². The van der Waals surface area contributed by atoms with Crippen molar-refractivity contribution in [3.05, 3.63) is 83.7 Å². The number of amides is 2. The van der Waals surface area contributed by atoms with Gasteiger partial charge in [-0.15, -0.1) is 0 Å². The van der Waals surface area contributed by atoms with Crippen LogP contribution in [-0.4, -0.2) is 96.1 Å². The summed E-state index contributed by atoms with van der Waals surface area (Å²) in [5, 5.41) is 27.6. The van der Waals surface area contributed by atoms with Crippen molar-refractivity contribution in [2.75, 3.05) is 54.8 Å². The number of halogens is 2. The summed E-state index contributed by atoms with van der Waals surface area (Å²) < 4.78 is 29.6. The first-order valence-electron chi connectivity index (χ1n) is 16.1. The van der Waals surface area contributed by atoms with Gasteiger partial charge in [0.2, 0.25) is 11.9 Å². The molecule has 0 saturated carbocycles. The van der Waals surface area contributed by atoms with Gasteiger partial charge in [0.15, 0.2) is 5.65 Å². The van der Waals surface area contributed by atoms with Crippen molar-refractivity contribution in [1.82, 2.24) is 39.7 Å². The van der Waals surface area contributed by atoms with Crippen molar-refractivity contribution in [2.24, 2.45) is 0 Å². The fraction of sp³-hybridized carbons (Fsp3) is 0.333. The number of carboxylic acid groups (broad SMARTS) is 1. The Morgan fingerprint density at radius 1 is 0.939 bits per heavy atom. The Balaban J connectivity index is 1.01. The van der Waals surface area contributed by atoms with Gasteiger partial charge in [0.05, 0.1) is 30.2 Å². The van der Waals surface area contributed by atoms with E-state index in [9.17, 15) is 23.5 Å². The minimum Gasteiger partial charge on any atom is -0.465 e. The number of benzene rings is 2. The predicted molar refractivity (Wildman–Crippen MR) is 178 cm³/mol. The summed E-state index contributed by atoms with van der Waals surface area (Å²) in [7, 11) is 0. The van der Waals surface area contributed by atoms with Gasteiger partial charge in [-0.3, -0.25) is 9.89 Å². The summed E-state index contributed by atoms with van der Waals surface area (Å²) >= 11 is 0. The molecule has 7 rings (SSSR count). The van der Waals surface area contributed by atoms with Gasteiger partial charge in [0.25, 0.3) is 0 Å². The molecule has 3 aromatic heterocycles. The first kappa shape index (κ1) is 31.8. The molecule has 14 nitrogen and oxygen atoms in total. The van der Waals surface area contributed by atoms with Gasteiger partial charge in [-0.05, 0) is 36.6 Å². The van der Waals surface area contributed by atoms with Gasteiger partial charge in [-0.1, -0.05) is 18.2 Å². The van der Waals surface area contributed by atoms with E-state index in [1.807, 2.05) is 33.8 Å². The van der Waals surface area contributed by atoms with Crippen LogP contribution in [0.15, 0.2) is 60.9 Å². The van der Waals surface area contributed by atoms with Crippen LogP contribution in [0.4, 0.5) is 36.8 Å². The van der Waals surface area contributed by atoms with E-state index in [2.05, 4.69) is 35.8 Å². The summed E-state index contributed by atoms with van der Waals surface area (Å²) in [5.41, 5.74) is 2.79. The first-order chi connectivity index (χ1) is 23.8. The van der Waals surface area contributed by atoms with Crippen molar-refractivity contribution in [2.45, 2.75) is 31.8 Å². The zero-order valence-corrected chi connectivity index (χ0v) is 26.5. The number of nitrogens with one attached hydrogen (secondary N) is 3. The Morgan fingerprint density at radius 2 is 1.71 bits per heavy atom. The molecular formula is C33H35F2N11O3. The van der Waals surface area contributed by atoms with E-state index in [-0.39, 0.29) is 30.0 Å². The SMILES string of the molecule is O=C(O)N1CCN(c2ccc(CC(=O)N3CCC(n4ncc5c(Nc6ccn[nH]6)nc(NCc6ccc(F)cc6F)nc54)CC3)cc2)CC1. The zero-order valence-electron chi connectivity index (χ0n) is 26.5. The number of piperidine rings is 1. The molecule has 49 heavy (non-hydrogen) atoms. The molecule has 2 saturated heterocycles. The number of fused-ring (bicyclic) bond motifs is 1. The summed E-state index contributed by atoms with van der Waals surface area (Å²) in [5.74, 6) is 0.0655. The highest BCUT2D eigenvalue weighted by atomic mass is 19.1. The van der Waals surface area contributed by atoms with Gasteiger partial charge in [-0.25, -0.2) is 18.3 Å². The van der Waals surface area contributed by atoms with Crippen molar-refractivity contribution in [1.29, 1.82) is 0 Å². The van der Waals surface area contributed by atoms with Crippen LogP contribution in [0.5, 0.6) is 0 Å². The summed E-state index contributed by atoms with van der Waals surface area (Å²) in [4.78, 5) is 39.2. The molecule has 0 bridgehead atoms. The average molecular weight is 672 g/mol. The second kappa shape index (κ2) is 13.7. The molecule has 5 aromatic rings. The minimum absolute atomic E-state index is 0.0141. The lowest BCUT2D eigenvalue weighted by molar-refractivity contribution is -0.131. The number of anilines is 4. The lowest BCUT2D eigenvalue weighted by atomic mass is 10.0. The smallest absolute Gasteiger partial charge is 0.407 e. The molecule has 2 aromatic carbocycles. The molecule has 2 aliphatic rings. The van der Waals surface area contributed by atoms with Crippen LogP contribution < -0.4 is 15.5 Å². The highest BCUT2D eigenvalue weighted by molar-refractivity contribution is 5.89. The lowest BCUT2D eigenvalue weighted by Gasteiger charge is -2.34. The third kappa shape index (κ3) is 7.07. The van der Waals surface area contributed by atoms with E-state index in [0.29, 0.717) is 81.2 Å². The Hall–Kier alpha value is -5.80. The van der Waals surface area contributed by atoms with E-state index in [4.69, 9.17) is 4.98 Å². The highest BCUT2D eigenvalue weighted by Gasteiger charge is 2.27. The normalized spacial score (nSPS) is 15.5. The molecule has 0 unspecified atom stereocenters. The van der Waals surface area contributed by atoms with Crippen LogP contribution in [-0.2, 0) is 17.8 Å². The fourth-order valence-corrected chi connectivity index (χ4v) is 6.29.